The van der Waals surface area contributed by atoms with Crippen molar-refractivity contribution in [2.24, 2.45) is 0 Å². The molecular weight excluding hydrogens is 272 g/mol. The van der Waals surface area contributed by atoms with E-state index in [0.717, 1.165) is 17.9 Å². The maximum absolute atomic E-state index is 5.83. The van der Waals surface area contributed by atoms with Crippen molar-refractivity contribution in [1.82, 2.24) is 10.3 Å². The molecule has 2 aromatic rings. The number of ether oxygens (including phenoxy) is 1. The number of hydrogen-bond acceptors (Lipinski definition) is 3. The highest BCUT2D eigenvalue weighted by molar-refractivity contribution is 6.30. The molecule has 0 bridgehead atoms. The van der Waals surface area contributed by atoms with E-state index < -0.39 is 0 Å². The minimum Gasteiger partial charge on any atom is -0.439 e. The SMILES string of the molecule is CC(C)(C)NCc1ccc(Oc2ccc(Cl)cc2)nc1. The molecule has 0 aliphatic carbocycles. The number of benzene rings is 1. The fourth-order valence-corrected chi connectivity index (χ4v) is 1.69. The lowest BCUT2D eigenvalue weighted by Crippen LogP contribution is -2.35. The van der Waals surface area contributed by atoms with Crippen LogP contribution in [0.2, 0.25) is 5.02 Å². The van der Waals surface area contributed by atoms with E-state index >= 15 is 0 Å². The summed E-state index contributed by atoms with van der Waals surface area (Å²) in [6.45, 7) is 7.20. The summed E-state index contributed by atoms with van der Waals surface area (Å²) in [6.07, 6.45) is 1.82. The van der Waals surface area contributed by atoms with Gasteiger partial charge in [0.1, 0.15) is 5.75 Å². The van der Waals surface area contributed by atoms with Gasteiger partial charge in [0.25, 0.3) is 0 Å². The van der Waals surface area contributed by atoms with Gasteiger partial charge in [-0.1, -0.05) is 17.7 Å². The molecule has 0 aliphatic rings. The molecule has 0 amide bonds. The topological polar surface area (TPSA) is 34.1 Å². The van der Waals surface area contributed by atoms with Crippen LogP contribution < -0.4 is 10.1 Å². The normalized spacial score (nSPS) is 11.4. The monoisotopic (exact) mass is 290 g/mol. The van der Waals surface area contributed by atoms with E-state index in [0.29, 0.717) is 10.9 Å². The largest absolute Gasteiger partial charge is 0.439 e. The minimum atomic E-state index is 0.0957. The predicted molar refractivity (Wildman–Crippen MR) is 82.4 cm³/mol. The van der Waals surface area contributed by atoms with Gasteiger partial charge in [-0.15, -0.1) is 0 Å². The molecule has 0 spiro atoms. The van der Waals surface area contributed by atoms with E-state index in [1.807, 2.05) is 30.5 Å². The van der Waals surface area contributed by atoms with E-state index in [2.05, 4.69) is 31.1 Å². The molecule has 1 heterocycles. The third kappa shape index (κ3) is 4.83. The molecule has 20 heavy (non-hydrogen) atoms. The van der Waals surface area contributed by atoms with Gasteiger partial charge >= 0.3 is 0 Å². The van der Waals surface area contributed by atoms with Gasteiger partial charge in [0, 0.05) is 29.4 Å². The third-order valence-electron chi connectivity index (χ3n) is 2.66. The Bertz CT molecular complexity index is 544. The first-order valence-corrected chi connectivity index (χ1v) is 6.93. The Balaban J connectivity index is 1.96. The fourth-order valence-electron chi connectivity index (χ4n) is 1.57. The van der Waals surface area contributed by atoms with Crippen molar-refractivity contribution in [3.63, 3.8) is 0 Å². The summed E-state index contributed by atoms with van der Waals surface area (Å²) in [7, 11) is 0. The van der Waals surface area contributed by atoms with Crippen LogP contribution in [0.3, 0.4) is 0 Å². The number of aromatic nitrogens is 1. The summed E-state index contributed by atoms with van der Waals surface area (Å²) >= 11 is 5.83. The van der Waals surface area contributed by atoms with E-state index in [4.69, 9.17) is 16.3 Å². The van der Waals surface area contributed by atoms with Crippen molar-refractivity contribution in [3.8, 4) is 11.6 Å². The van der Waals surface area contributed by atoms with Crippen LogP contribution in [0.1, 0.15) is 26.3 Å². The summed E-state index contributed by atoms with van der Waals surface area (Å²) in [5.41, 5.74) is 1.22. The van der Waals surface area contributed by atoms with Gasteiger partial charge in [-0.2, -0.15) is 0 Å². The van der Waals surface area contributed by atoms with Crippen LogP contribution in [0.15, 0.2) is 42.6 Å². The first-order valence-electron chi connectivity index (χ1n) is 6.56. The lowest BCUT2D eigenvalue weighted by Gasteiger charge is -2.20. The molecule has 0 atom stereocenters. The Morgan fingerprint density at radius 2 is 1.80 bits per heavy atom. The molecule has 106 valence electrons. The molecule has 2 rings (SSSR count). The highest BCUT2D eigenvalue weighted by atomic mass is 35.5. The molecular formula is C16H19ClN2O. The molecule has 0 saturated heterocycles. The lowest BCUT2D eigenvalue weighted by molar-refractivity contribution is 0.423. The van der Waals surface area contributed by atoms with Crippen molar-refractivity contribution < 1.29 is 4.74 Å². The Morgan fingerprint density at radius 3 is 2.35 bits per heavy atom. The zero-order chi connectivity index (χ0) is 14.6. The minimum absolute atomic E-state index is 0.0957. The van der Waals surface area contributed by atoms with Gasteiger partial charge in [-0.25, -0.2) is 4.98 Å². The highest BCUT2D eigenvalue weighted by Gasteiger charge is 2.08. The first kappa shape index (κ1) is 14.8. The number of nitrogens with zero attached hydrogens (tertiary/aromatic N) is 1. The average Bonchev–Trinajstić information content (AvgIpc) is 2.40. The van der Waals surface area contributed by atoms with Gasteiger partial charge in [0.05, 0.1) is 0 Å². The Labute approximate surface area is 124 Å². The van der Waals surface area contributed by atoms with Crippen LogP contribution in [-0.2, 0) is 6.54 Å². The van der Waals surface area contributed by atoms with E-state index in [1.165, 1.54) is 0 Å². The lowest BCUT2D eigenvalue weighted by atomic mass is 10.1. The summed E-state index contributed by atoms with van der Waals surface area (Å²) in [6, 6.07) is 11.1. The second-order valence-corrected chi connectivity index (χ2v) is 6.10. The summed E-state index contributed by atoms with van der Waals surface area (Å²) < 4.78 is 5.64. The van der Waals surface area contributed by atoms with Crippen LogP contribution >= 0.6 is 11.6 Å². The highest BCUT2D eigenvalue weighted by Crippen LogP contribution is 2.21. The van der Waals surface area contributed by atoms with Crippen LogP contribution in [0.25, 0.3) is 0 Å². The zero-order valence-electron chi connectivity index (χ0n) is 12.0. The van der Waals surface area contributed by atoms with E-state index in [1.54, 1.807) is 12.1 Å². The van der Waals surface area contributed by atoms with Crippen LogP contribution in [0.5, 0.6) is 11.6 Å². The van der Waals surface area contributed by atoms with Gasteiger partial charge in [-0.3, -0.25) is 0 Å². The predicted octanol–water partition coefficient (Wildman–Crippen LogP) is 4.42. The smallest absolute Gasteiger partial charge is 0.219 e. The number of hydrogen-bond donors (Lipinski definition) is 1. The maximum Gasteiger partial charge on any atom is 0.219 e. The summed E-state index contributed by atoms with van der Waals surface area (Å²) in [5.74, 6) is 1.30. The second kappa shape index (κ2) is 6.25. The van der Waals surface area contributed by atoms with Crippen LogP contribution in [-0.4, -0.2) is 10.5 Å². The first-order chi connectivity index (χ1) is 9.42. The van der Waals surface area contributed by atoms with E-state index in [-0.39, 0.29) is 5.54 Å². The molecule has 0 fully saturated rings. The number of halogens is 1. The number of pyridine rings is 1. The van der Waals surface area contributed by atoms with Gasteiger partial charge in [0.15, 0.2) is 0 Å². The van der Waals surface area contributed by atoms with Crippen LogP contribution in [0, 0.1) is 0 Å². The molecule has 1 aromatic carbocycles. The number of rotatable bonds is 4. The fraction of sp³-hybridized carbons (Fsp3) is 0.312. The maximum atomic E-state index is 5.83. The molecule has 4 heteroatoms. The Morgan fingerprint density at radius 1 is 1.10 bits per heavy atom. The molecule has 0 aliphatic heterocycles. The molecule has 1 N–H and O–H groups in total. The van der Waals surface area contributed by atoms with Gasteiger partial charge in [-0.05, 0) is 50.6 Å². The Hall–Kier alpha value is -1.58. The molecule has 0 saturated carbocycles. The van der Waals surface area contributed by atoms with E-state index in [9.17, 15) is 0 Å². The van der Waals surface area contributed by atoms with Gasteiger partial charge < -0.3 is 10.1 Å². The van der Waals surface area contributed by atoms with Gasteiger partial charge in [0.2, 0.25) is 5.88 Å². The van der Waals surface area contributed by atoms with Crippen molar-refractivity contribution >= 4 is 11.6 Å². The quantitative estimate of drug-likeness (QED) is 0.905. The molecule has 1 aromatic heterocycles. The zero-order valence-corrected chi connectivity index (χ0v) is 12.7. The summed E-state index contributed by atoms with van der Waals surface area (Å²) in [4.78, 5) is 4.30. The standard InChI is InChI=1S/C16H19ClN2O/c1-16(2,3)19-11-12-4-9-15(18-10-12)20-14-7-5-13(17)6-8-14/h4-10,19H,11H2,1-3H3. The number of nitrogens with one attached hydrogen (secondary N) is 1. The van der Waals surface area contributed by atoms with Crippen molar-refractivity contribution in [2.75, 3.05) is 0 Å². The molecule has 0 unspecified atom stereocenters. The summed E-state index contributed by atoms with van der Waals surface area (Å²) in [5, 5.41) is 4.11. The van der Waals surface area contributed by atoms with Crippen LogP contribution in [0.4, 0.5) is 0 Å². The molecule has 3 nitrogen and oxygen atoms in total. The average molecular weight is 291 g/mol. The Kier molecular flexibility index (Phi) is 4.63. The third-order valence-corrected chi connectivity index (χ3v) is 2.91. The van der Waals surface area contributed by atoms with Crippen molar-refractivity contribution in [3.05, 3.63) is 53.2 Å². The van der Waals surface area contributed by atoms with Crippen molar-refractivity contribution in [2.45, 2.75) is 32.9 Å². The second-order valence-electron chi connectivity index (χ2n) is 5.66. The van der Waals surface area contributed by atoms with Crippen molar-refractivity contribution in [1.29, 1.82) is 0 Å². The molecule has 0 radical (unpaired) electrons.